The van der Waals surface area contributed by atoms with Crippen LogP contribution in [0.1, 0.15) is 36.8 Å². The van der Waals surface area contributed by atoms with Crippen molar-refractivity contribution < 1.29 is 24.2 Å². The minimum atomic E-state index is -1.25. The number of hydrogen-bond acceptors (Lipinski definition) is 5. The second kappa shape index (κ2) is 9.37. The molecule has 6 heteroatoms. The Morgan fingerprint density at radius 1 is 1.24 bits per heavy atom. The van der Waals surface area contributed by atoms with E-state index in [1.807, 2.05) is 61.5 Å². The maximum atomic E-state index is 12.6. The Balaban J connectivity index is 1.69. The largest absolute Gasteiger partial charge is 0.461 e. The molecule has 1 heterocycles. The lowest BCUT2D eigenvalue weighted by Crippen LogP contribution is -2.39. The summed E-state index contributed by atoms with van der Waals surface area (Å²) in [7, 11) is 0. The van der Waals surface area contributed by atoms with Crippen molar-refractivity contribution in [2.24, 2.45) is 0 Å². The molecule has 0 aromatic heterocycles. The molecule has 1 aliphatic heterocycles. The second-order valence-corrected chi connectivity index (χ2v) is 8.02. The van der Waals surface area contributed by atoms with Gasteiger partial charge in [0, 0.05) is 16.5 Å². The average Bonchev–Trinajstić information content (AvgIpc) is 3.05. The van der Waals surface area contributed by atoms with Gasteiger partial charge in [-0.15, -0.1) is 0 Å². The van der Waals surface area contributed by atoms with Crippen LogP contribution in [0, 0.1) is 0 Å². The summed E-state index contributed by atoms with van der Waals surface area (Å²) in [5, 5.41) is 9.88. The van der Waals surface area contributed by atoms with Crippen molar-refractivity contribution in [2.45, 2.75) is 31.3 Å². The number of aliphatic hydroxyl groups is 1. The van der Waals surface area contributed by atoms with Gasteiger partial charge < -0.3 is 14.6 Å². The van der Waals surface area contributed by atoms with Crippen LogP contribution in [-0.4, -0.2) is 35.9 Å². The molecule has 0 spiro atoms. The van der Waals surface area contributed by atoms with Gasteiger partial charge in [-0.05, 0) is 35.8 Å². The Kier molecular flexibility index (Phi) is 6.87. The summed E-state index contributed by atoms with van der Waals surface area (Å²) in [4.78, 5) is 24.9. The van der Waals surface area contributed by atoms with E-state index >= 15 is 0 Å². The first-order valence-electron chi connectivity index (χ1n) is 9.48. The Morgan fingerprint density at radius 3 is 2.55 bits per heavy atom. The molecule has 2 atom stereocenters. The highest BCUT2D eigenvalue weighted by Crippen LogP contribution is 2.33. The summed E-state index contributed by atoms with van der Waals surface area (Å²) in [5.74, 6) is -1.30. The lowest BCUT2D eigenvalue weighted by Gasteiger charge is -2.25. The number of carbonyl (C=O) groups excluding carboxylic acids is 2. The van der Waals surface area contributed by atoms with Gasteiger partial charge in [-0.2, -0.15) is 0 Å². The van der Waals surface area contributed by atoms with Gasteiger partial charge in [-0.3, -0.25) is 4.79 Å². The highest BCUT2D eigenvalue weighted by atomic mass is 79.9. The van der Waals surface area contributed by atoms with E-state index in [4.69, 9.17) is 9.47 Å². The van der Waals surface area contributed by atoms with Crippen molar-refractivity contribution >= 4 is 33.9 Å². The van der Waals surface area contributed by atoms with E-state index in [0.717, 1.165) is 15.6 Å². The first-order chi connectivity index (χ1) is 14.0. The molecule has 5 nitrogen and oxygen atoms in total. The molecule has 0 radical (unpaired) electrons. The third-order valence-electron chi connectivity index (χ3n) is 4.96. The third-order valence-corrected chi connectivity index (χ3v) is 5.48. The lowest BCUT2D eigenvalue weighted by atomic mass is 9.96. The zero-order valence-corrected chi connectivity index (χ0v) is 17.7. The van der Waals surface area contributed by atoms with Crippen molar-refractivity contribution in [3.8, 4) is 0 Å². The fourth-order valence-corrected chi connectivity index (χ4v) is 3.59. The Hall–Kier alpha value is -2.44. The van der Waals surface area contributed by atoms with Gasteiger partial charge in [-0.1, -0.05) is 65.3 Å². The van der Waals surface area contributed by atoms with Gasteiger partial charge in [0.2, 0.25) is 0 Å². The van der Waals surface area contributed by atoms with Crippen LogP contribution < -0.4 is 0 Å². The third kappa shape index (κ3) is 5.14. The number of halogens is 1. The molecule has 0 bridgehead atoms. The standard InChI is InChI=1S/C23H23BrO5/c1-2-20(17-6-4-3-5-7-17)22(27)28-15-23(14-25)13-18(21(26)29-23)12-16-8-10-19(24)11-9-16/h3-12,20,25H,2,13-15H2,1H3/b18-12-. The summed E-state index contributed by atoms with van der Waals surface area (Å²) >= 11 is 3.37. The molecule has 0 saturated carbocycles. The number of cyclic esters (lactones) is 1. The van der Waals surface area contributed by atoms with Crippen LogP contribution in [0.15, 0.2) is 64.6 Å². The molecule has 0 aliphatic carbocycles. The molecule has 1 aliphatic rings. The topological polar surface area (TPSA) is 72.8 Å². The van der Waals surface area contributed by atoms with Crippen molar-refractivity contribution in [3.63, 3.8) is 0 Å². The number of rotatable bonds is 7. The summed E-state index contributed by atoms with van der Waals surface area (Å²) in [6.45, 7) is 1.30. The van der Waals surface area contributed by atoms with Gasteiger partial charge in [0.15, 0.2) is 5.60 Å². The number of aliphatic hydroxyl groups excluding tert-OH is 1. The number of carbonyl (C=O) groups is 2. The number of ether oxygens (including phenoxy) is 2. The second-order valence-electron chi connectivity index (χ2n) is 7.11. The lowest BCUT2D eigenvalue weighted by molar-refractivity contribution is -0.167. The molecule has 2 aromatic carbocycles. The summed E-state index contributed by atoms with van der Waals surface area (Å²) in [6.07, 6.45) is 2.49. The maximum absolute atomic E-state index is 12.6. The maximum Gasteiger partial charge on any atom is 0.334 e. The van der Waals surface area contributed by atoms with Crippen LogP contribution in [0.25, 0.3) is 6.08 Å². The number of benzene rings is 2. The van der Waals surface area contributed by atoms with Gasteiger partial charge in [0.25, 0.3) is 0 Å². The van der Waals surface area contributed by atoms with E-state index in [0.29, 0.717) is 12.0 Å². The van der Waals surface area contributed by atoms with E-state index in [1.54, 1.807) is 6.08 Å². The summed E-state index contributed by atoms with van der Waals surface area (Å²) in [6, 6.07) is 16.9. The SMILES string of the molecule is CCC(C(=O)OCC1(CO)C/C(=C/c2ccc(Br)cc2)C(=O)O1)c1ccccc1. The zero-order chi connectivity index (χ0) is 20.9. The van der Waals surface area contributed by atoms with E-state index in [1.165, 1.54) is 0 Å². The molecule has 2 unspecified atom stereocenters. The molecule has 152 valence electrons. The fourth-order valence-electron chi connectivity index (χ4n) is 3.33. The van der Waals surface area contributed by atoms with Gasteiger partial charge >= 0.3 is 11.9 Å². The van der Waals surface area contributed by atoms with Crippen molar-refractivity contribution in [2.75, 3.05) is 13.2 Å². The van der Waals surface area contributed by atoms with Gasteiger partial charge in [0.05, 0.1) is 12.5 Å². The van der Waals surface area contributed by atoms with Crippen molar-refractivity contribution in [1.29, 1.82) is 0 Å². The van der Waals surface area contributed by atoms with Crippen LogP contribution in [0.2, 0.25) is 0 Å². The first-order valence-corrected chi connectivity index (χ1v) is 10.3. The Morgan fingerprint density at radius 2 is 1.93 bits per heavy atom. The van der Waals surface area contributed by atoms with Gasteiger partial charge in [-0.25, -0.2) is 4.79 Å². The van der Waals surface area contributed by atoms with E-state index < -0.39 is 30.1 Å². The predicted molar refractivity (Wildman–Crippen MR) is 113 cm³/mol. The zero-order valence-electron chi connectivity index (χ0n) is 16.1. The highest BCUT2D eigenvalue weighted by molar-refractivity contribution is 9.10. The monoisotopic (exact) mass is 458 g/mol. The Labute approximate surface area is 178 Å². The quantitative estimate of drug-likeness (QED) is 0.495. The van der Waals surface area contributed by atoms with E-state index in [9.17, 15) is 14.7 Å². The van der Waals surface area contributed by atoms with Crippen molar-refractivity contribution in [1.82, 2.24) is 0 Å². The molecule has 1 fully saturated rings. The van der Waals surface area contributed by atoms with Crippen LogP contribution in [-0.2, 0) is 19.1 Å². The molecule has 29 heavy (non-hydrogen) atoms. The summed E-state index contributed by atoms with van der Waals surface area (Å²) < 4.78 is 11.9. The van der Waals surface area contributed by atoms with Crippen LogP contribution in [0.4, 0.5) is 0 Å². The minimum Gasteiger partial charge on any atom is -0.461 e. The van der Waals surface area contributed by atoms with E-state index in [-0.39, 0.29) is 13.0 Å². The first kappa shape index (κ1) is 21.3. The molecule has 1 N–H and O–H groups in total. The minimum absolute atomic E-state index is 0.174. The van der Waals surface area contributed by atoms with Gasteiger partial charge in [0.1, 0.15) is 6.61 Å². The molecule has 2 aromatic rings. The molecule has 3 rings (SSSR count). The molecular weight excluding hydrogens is 436 g/mol. The van der Waals surface area contributed by atoms with Crippen LogP contribution in [0.5, 0.6) is 0 Å². The van der Waals surface area contributed by atoms with Crippen LogP contribution >= 0.6 is 15.9 Å². The summed E-state index contributed by atoms with van der Waals surface area (Å²) in [5.41, 5.74) is 0.911. The van der Waals surface area contributed by atoms with E-state index in [2.05, 4.69) is 15.9 Å². The number of hydrogen-bond donors (Lipinski definition) is 1. The van der Waals surface area contributed by atoms with Crippen LogP contribution in [0.3, 0.4) is 0 Å². The van der Waals surface area contributed by atoms with Crippen molar-refractivity contribution in [3.05, 3.63) is 75.8 Å². The normalized spacial score (nSPS) is 21.1. The molecule has 0 amide bonds. The molecule has 1 saturated heterocycles. The average molecular weight is 459 g/mol. The fraction of sp³-hybridized carbons (Fsp3) is 0.304. The number of esters is 2. The molecular formula is C23H23BrO5. The Bertz CT molecular complexity index is 891. The predicted octanol–water partition coefficient (Wildman–Crippen LogP) is 4.25. The smallest absolute Gasteiger partial charge is 0.334 e. The highest BCUT2D eigenvalue weighted by Gasteiger charge is 2.45.